The van der Waals surface area contributed by atoms with Crippen LogP contribution in [0.15, 0.2) is 461 Å². The summed E-state index contributed by atoms with van der Waals surface area (Å²) in [5, 5.41) is 39.5. The van der Waals surface area contributed by atoms with E-state index in [1.807, 2.05) is 18.5 Å². The standard InChI is InChI=1S/2C64H38N2/c1-3-19-49-45(15-1)47-17-5-7-21-51(47)59-35-42(30-32-54(49)59)57-37-61-58(40-28-26-39(27-29-40)44-25-11-13-41-14-12-34-65-63(41)44)38-62(66-64(61)56-24-10-9-23-53(56)57)43-31-33-55-50-20-4-2-16-46(50)48-18-6-8-22-52(48)60(55)36-43;1-3-17-48-44(13-1)46-15-5-7-19-50(46)59-35-41(29-31-53(48)59)57-37-61-58(40-27-25-39(26-28-40)43-33-34-65-62-24-12-11-22-55(43)62)38-63(66-64(61)56-23-10-9-21-52(56)57)42-30-32-54-49-18-4-2-14-45(49)47-16-6-8-20-51(47)60(54)36-42/h2*1-38H. The van der Waals surface area contributed by atoms with Crippen molar-refractivity contribution in [2.75, 3.05) is 0 Å². The molecule has 0 atom stereocenters. The zero-order valence-corrected chi connectivity index (χ0v) is 71.7. The van der Waals surface area contributed by atoms with Crippen molar-refractivity contribution in [3.63, 3.8) is 0 Å². The Kier molecular flexibility index (Phi) is 17.1. The summed E-state index contributed by atoms with van der Waals surface area (Å²) in [6.07, 6.45) is 3.79. The number of fused-ring (bicyclic) bond motifs is 32. The van der Waals surface area contributed by atoms with Crippen molar-refractivity contribution in [3.8, 4) is 89.3 Å². The van der Waals surface area contributed by atoms with E-state index in [9.17, 15) is 0 Å². The Balaban J connectivity index is 0.000000135. The lowest BCUT2D eigenvalue weighted by Crippen LogP contribution is -1.94. The summed E-state index contributed by atoms with van der Waals surface area (Å²) in [5.41, 5.74) is 22.0. The van der Waals surface area contributed by atoms with Crippen LogP contribution in [0.5, 0.6) is 0 Å². The molecule has 0 fully saturated rings. The molecule has 0 radical (unpaired) electrons. The second-order valence-electron chi connectivity index (χ2n) is 35.2. The van der Waals surface area contributed by atoms with Gasteiger partial charge in [0.15, 0.2) is 0 Å². The zero-order valence-electron chi connectivity index (χ0n) is 71.7. The van der Waals surface area contributed by atoms with Crippen LogP contribution in [-0.4, -0.2) is 19.9 Å². The highest BCUT2D eigenvalue weighted by atomic mass is 14.7. The minimum atomic E-state index is 0.945. The highest BCUT2D eigenvalue weighted by molar-refractivity contribution is 6.31. The normalized spacial score (nSPS) is 11.9. The van der Waals surface area contributed by atoms with Crippen LogP contribution < -0.4 is 0 Å². The maximum atomic E-state index is 5.66. The van der Waals surface area contributed by atoms with Crippen molar-refractivity contribution in [2.45, 2.75) is 0 Å². The summed E-state index contributed by atoms with van der Waals surface area (Å²) in [5.74, 6) is 0. The van der Waals surface area contributed by atoms with Crippen molar-refractivity contribution in [2.24, 2.45) is 0 Å². The van der Waals surface area contributed by atoms with Crippen LogP contribution in [0.1, 0.15) is 0 Å². The molecule has 28 aromatic rings. The Morgan fingerprint density at radius 1 is 0.121 bits per heavy atom. The first kappa shape index (κ1) is 74.8. The lowest BCUT2D eigenvalue weighted by atomic mass is 9.88. The van der Waals surface area contributed by atoms with Crippen molar-refractivity contribution in [1.29, 1.82) is 0 Å². The minimum Gasteiger partial charge on any atom is -0.256 e. The second-order valence-corrected chi connectivity index (χ2v) is 35.2. The molecule has 24 aromatic carbocycles. The quantitative estimate of drug-likeness (QED) is 0.142. The Hall–Kier alpha value is -17.4. The van der Waals surface area contributed by atoms with Crippen molar-refractivity contribution in [1.82, 2.24) is 19.9 Å². The van der Waals surface area contributed by atoms with Crippen molar-refractivity contribution < 1.29 is 0 Å². The van der Waals surface area contributed by atoms with Gasteiger partial charge in [-0.2, -0.15) is 0 Å². The average Bonchev–Trinajstić information content (AvgIpc) is 0.738. The van der Waals surface area contributed by atoms with Gasteiger partial charge in [0.25, 0.3) is 0 Å². The zero-order chi connectivity index (χ0) is 86.6. The Morgan fingerprint density at radius 3 is 0.750 bits per heavy atom. The van der Waals surface area contributed by atoms with Gasteiger partial charge in [-0.3, -0.25) is 9.97 Å². The van der Waals surface area contributed by atoms with Crippen LogP contribution in [0.4, 0.5) is 0 Å². The largest absolute Gasteiger partial charge is 0.256 e. The fourth-order valence-corrected chi connectivity index (χ4v) is 22.0. The van der Waals surface area contributed by atoms with Crippen LogP contribution in [0.2, 0.25) is 0 Å². The van der Waals surface area contributed by atoms with E-state index in [-0.39, 0.29) is 0 Å². The molecule has 0 bridgehead atoms. The third-order valence-corrected chi connectivity index (χ3v) is 28.1. The fourth-order valence-electron chi connectivity index (χ4n) is 22.0. The number of para-hydroxylation sites is 2. The average molecular weight is 1670 g/mol. The van der Waals surface area contributed by atoms with Gasteiger partial charge in [0.05, 0.1) is 33.5 Å². The molecule has 4 nitrogen and oxygen atoms in total. The molecular weight excluding hydrogens is 1590 g/mol. The van der Waals surface area contributed by atoms with Gasteiger partial charge in [-0.25, -0.2) is 9.97 Å². The molecule has 4 heteroatoms. The molecule has 0 aliphatic carbocycles. The first-order valence-electron chi connectivity index (χ1n) is 45.4. The van der Waals surface area contributed by atoms with Crippen molar-refractivity contribution >= 4 is 194 Å². The molecule has 28 rings (SSSR count). The van der Waals surface area contributed by atoms with E-state index in [1.165, 1.54) is 168 Å². The fraction of sp³-hybridized carbons (Fsp3) is 0. The van der Waals surface area contributed by atoms with Gasteiger partial charge in [-0.05, 0) is 268 Å². The van der Waals surface area contributed by atoms with E-state index in [1.54, 1.807) is 0 Å². The summed E-state index contributed by atoms with van der Waals surface area (Å²) in [6.45, 7) is 0. The van der Waals surface area contributed by atoms with Gasteiger partial charge >= 0.3 is 0 Å². The van der Waals surface area contributed by atoms with E-state index < -0.39 is 0 Å². The molecule has 0 saturated heterocycles. The van der Waals surface area contributed by atoms with Crippen LogP contribution in [0.25, 0.3) is 284 Å². The van der Waals surface area contributed by atoms with E-state index in [0.717, 1.165) is 116 Å². The van der Waals surface area contributed by atoms with Crippen molar-refractivity contribution in [3.05, 3.63) is 461 Å². The number of nitrogens with zero attached hydrogens (tertiary/aromatic N) is 4. The predicted octanol–water partition coefficient (Wildman–Crippen LogP) is 35.0. The summed E-state index contributed by atoms with van der Waals surface area (Å²) in [4.78, 5) is 20.8. The minimum absolute atomic E-state index is 0.945. The summed E-state index contributed by atoms with van der Waals surface area (Å²) < 4.78 is 0. The van der Waals surface area contributed by atoms with Gasteiger partial charge in [0, 0.05) is 61.4 Å². The number of rotatable bonds is 8. The van der Waals surface area contributed by atoms with Crippen LogP contribution >= 0.6 is 0 Å². The number of hydrogen-bond acceptors (Lipinski definition) is 4. The monoisotopic (exact) mass is 1670 g/mol. The van der Waals surface area contributed by atoms with E-state index in [0.29, 0.717) is 0 Å². The lowest BCUT2D eigenvalue weighted by Gasteiger charge is -2.17. The molecule has 608 valence electrons. The van der Waals surface area contributed by atoms with Gasteiger partial charge in [0.2, 0.25) is 0 Å². The lowest BCUT2D eigenvalue weighted by molar-refractivity contribution is 1.41. The smallest absolute Gasteiger partial charge is 0.0794 e. The molecule has 0 aliphatic heterocycles. The van der Waals surface area contributed by atoms with Crippen LogP contribution in [-0.2, 0) is 0 Å². The number of hydrogen-bond donors (Lipinski definition) is 0. The molecule has 4 heterocycles. The maximum absolute atomic E-state index is 5.66. The van der Waals surface area contributed by atoms with E-state index in [2.05, 4.69) is 448 Å². The highest BCUT2D eigenvalue weighted by Gasteiger charge is 2.24. The number of pyridine rings is 4. The molecule has 0 spiro atoms. The molecular formula is C128H76N4. The molecule has 0 saturated carbocycles. The van der Waals surface area contributed by atoms with Gasteiger partial charge in [-0.1, -0.05) is 382 Å². The number of benzene rings is 24. The van der Waals surface area contributed by atoms with Gasteiger partial charge < -0.3 is 0 Å². The topological polar surface area (TPSA) is 51.6 Å². The van der Waals surface area contributed by atoms with Crippen LogP contribution in [0, 0.1) is 0 Å². The van der Waals surface area contributed by atoms with Gasteiger partial charge in [-0.15, -0.1) is 0 Å². The summed E-state index contributed by atoms with van der Waals surface area (Å²) in [6, 6.07) is 165. The third kappa shape index (κ3) is 11.9. The first-order chi connectivity index (χ1) is 65.5. The van der Waals surface area contributed by atoms with Crippen LogP contribution in [0.3, 0.4) is 0 Å². The van der Waals surface area contributed by atoms with E-state index >= 15 is 0 Å². The SMILES string of the molecule is c1ccc2c(-c3ccc(-c4cc(-c5ccc6c7ccccc7c7ccccc7c6c5)nc5c4cc(-c4ccc6c7ccccc7c7ccccc7c6c4)c4ccccc45)cc3)ccnc2c1.c1cnc2c(-c3ccc(-c4cc(-c5ccc6c7ccccc7c7ccccc7c6c5)nc5c4cc(-c4ccc6c7ccccc7c7ccccc7c6c4)c4ccccc45)cc3)cccc2c1. The molecule has 4 aromatic heterocycles. The third-order valence-electron chi connectivity index (χ3n) is 28.1. The Bertz CT molecular complexity index is 9080. The Morgan fingerprint density at radius 2 is 0.386 bits per heavy atom. The maximum Gasteiger partial charge on any atom is 0.0794 e. The first-order valence-corrected chi connectivity index (χ1v) is 45.4. The number of aromatic nitrogens is 4. The molecule has 0 amide bonds. The predicted molar refractivity (Wildman–Crippen MR) is 563 cm³/mol. The van der Waals surface area contributed by atoms with E-state index in [4.69, 9.17) is 15.0 Å². The molecule has 0 unspecified atom stereocenters. The van der Waals surface area contributed by atoms with Gasteiger partial charge in [0.1, 0.15) is 0 Å². The highest BCUT2D eigenvalue weighted by Crippen LogP contribution is 2.49. The Labute approximate surface area is 759 Å². The molecule has 0 N–H and O–H groups in total. The summed E-state index contributed by atoms with van der Waals surface area (Å²) >= 11 is 0. The molecule has 0 aliphatic rings. The second kappa shape index (κ2) is 30.1. The molecule has 132 heavy (non-hydrogen) atoms. The summed E-state index contributed by atoms with van der Waals surface area (Å²) in [7, 11) is 0.